The number of carbonyl (C=O) groups is 5. The molecule has 0 saturated carbocycles. The van der Waals surface area contributed by atoms with Gasteiger partial charge in [0.05, 0.1) is 12.5 Å². The Kier molecular flexibility index (Phi) is 7.30. The number of likely N-dealkylation sites (tertiary alicyclic amines) is 1. The van der Waals surface area contributed by atoms with Crippen molar-refractivity contribution < 1.29 is 29.1 Å². The molecule has 1 fully saturated rings. The number of amides is 4. The van der Waals surface area contributed by atoms with Crippen molar-refractivity contribution in [2.24, 2.45) is 17.2 Å². The number of aliphatic carboxylic acids is 1. The lowest BCUT2D eigenvalue weighted by atomic mass is 10.1. The molecule has 0 unspecified atom stereocenters. The molecule has 1 heterocycles. The Hall–Kier alpha value is -2.69. The van der Waals surface area contributed by atoms with Gasteiger partial charge in [0.25, 0.3) is 0 Å². The highest BCUT2D eigenvalue weighted by Crippen LogP contribution is 2.19. The number of carbonyl (C=O) groups excluding carboxylic acids is 4. The third-order valence-corrected chi connectivity index (χ3v) is 3.87. The zero-order valence-electron chi connectivity index (χ0n) is 13.6. The van der Waals surface area contributed by atoms with E-state index in [1.807, 2.05) is 0 Å². The Labute approximate surface area is 143 Å². The highest BCUT2D eigenvalue weighted by atomic mass is 16.4. The maximum absolute atomic E-state index is 12.6. The number of nitrogens with one attached hydrogen (secondary N) is 1. The van der Waals surface area contributed by atoms with Crippen molar-refractivity contribution in [1.82, 2.24) is 10.2 Å². The Morgan fingerprint density at radius 1 is 1.16 bits per heavy atom. The number of hydrogen-bond donors (Lipinski definition) is 5. The summed E-state index contributed by atoms with van der Waals surface area (Å²) in [6, 6.07) is -3.41. The van der Waals surface area contributed by atoms with Crippen LogP contribution < -0.4 is 22.5 Å². The topological polar surface area (TPSA) is 199 Å². The maximum Gasteiger partial charge on any atom is 0.326 e. The lowest BCUT2D eigenvalue weighted by molar-refractivity contribution is -0.149. The number of primary amides is 2. The van der Waals surface area contributed by atoms with Crippen LogP contribution in [0.5, 0.6) is 0 Å². The summed E-state index contributed by atoms with van der Waals surface area (Å²) < 4.78 is 0. The van der Waals surface area contributed by atoms with Crippen LogP contribution in [0.1, 0.15) is 32.1 Å². The first kappa shape index (κ1) is 20.4. The molecule has 0 aromatic heterocycles. The van der Waals surface area contributed by atoms with Crippen molar-refractivity contribution in [1.29, 1.82) is 0 Å². The van der Waals surface area contributed by atoms with E-state index in [0.29, 0.717) is 12.8 Å². The quantitative estimate of drug-likeness (QED) is 0.289. The molecule has 140 valence electrons. The van der Waals surface area contributed by atoms with Gasteiger partial charge in [-0.2, -0.15) is 0 Å². The zero-order valence-corrected chi connectivity index (χ0v) is 13.6. The minimum Gasteiger partial charge on any atom is -0.480 e. The molecular weight excluding hydrogens is 334 g/mol. The average molecular weight is 357 g/mol. The van der Waals surface area contributed by atoms with Crippen LogP contribution in [0.25, 0.3) is 0 Å². The molecule has 3 atom stereocenters. The van der Waals surface area contributed by atoms with E-state index in [0.717, 1.165) is 4.90 Å². The third kappa shape index (κ3) is 6.03. The van der Waals surface area contributed by atoms with Gasteiger partial charge in [-0.25, -0.2) is 4.79 Å². The Bertz CT molecular complexity index is 566. The Balaban J connectivity index is 2.86. The molecule has 0 bridgehead atoms. The molecule has 1 saturated heterocycles. The first-order chi connectivity index (χ1) is 11.6. The van der Waals surface area contributed by atoms with Crippen LogP contribution in [-0.2, 0) is 24.0 Å². The van der Waals surface area contributed by atoms with E-state index >= 15 is 0 Å². The summed E-state index contributed by atoms with van der Waals surface area (Å²) in [4.78, 5) is 58.8. The average Bonchev–Trinajstić information content (AvgIpc) is 2.99. The third-order valence-electron chi connectivity index (χ3n) is 3.87. The lowest BCUT2D eigenvalue weighted by Crippen LogP contribution is -2.55. The van der Waals surface area contributed by atoms with Crippen LogP contribution in [-0.4, -0.2) is 64.3 Å². The SMILES string of the molecule is NC(=O)CC[C@H](NC(=O)[C@@H](N)CC(N)=O)C(=O)N1CCC[C@@H]1C(=O)O. The highest BCUT2D eigenvalue weighted by molar-refractivity contribution is 5.93. The summed E-state index contributed by atoms with van der Waals surface area (Å²) in [5.41, 5.74) is 15.6. The van der Waals surface area contributed by atoms with Gasteiger partial charge in [0.15, 0.2) is 0 Å². The van der Waals surface area contributed by atoms with Crippen LogP contribution >= 0.6 is 0 Å². The highest BCUT2D eigenvalue weighted by Gasteiger charge is 2.38. The number of nitrogens with two attached hydrogens (primary N) is 3. The summed E-state index contributed by atoms with van der Waals surface area (Å²) in [5, 5.41) is 11.5. The molecule has 0 aromatic carbocycles. The van der Waals surface area contributed by atoms with Crippen LogP contribution in [0, 0.1) is 0 Å². The van der Waals surface area contributed by atoms with Gasteiger partial charge in [-0.05, 0) is 19.3 Å². The first-order valence-corrected chi connectivity index (χ1v) is 7.79. The molecular formula is C14H23N5O6. The smallest absolute Gasteiger partial charge is 0.326 e. The minimum absolute atomic E-state index is 0.105. The van der Waals surface area contributed by atoms with Gasteiger partial charge in [-0.3, -0.25) is 19.2 Å². The van der Waals surface area contributed by atoms with E-state index in [2.05, 4.69) is 5.32 Å². The van der Waals surface area contributed by atoms with E-state index in [1.165, 1.54) is 0 Å². The number of nitrogens with zero attached hydrogens (tertiary/aromatic N) is 1. The summed E-state index contributed by atoms with van der Waals surface area (Å²) in [5.74, 6) is -4.03. The minimum atomic E-state index is -1.25. The Morgan fingerprint density at radius 3 is 2.32 bits per heavy atom. The van der Waals surface area contributed by atoms with Crippen molar-refractivity contribution in [3.05, 3.63) is 0 Å². The van der Waals surface area contributed by atoms with Crippen LogP contribution in [0.15, 0.2) is 0 Å². The van der Waals surface area contributed by atoms with E-state index < -0.39 is 54.1 Å². The van der Waals surface area contributed by atoms with Gasteiger partial charge < -0.3 is 32.5 Å². The fourth-order valence-electron chi connectivity index (χ4n) is 2.62. The molecule has 4 amide bonds. The van der Waals surface area contributed by atoms with Crippen molar-refractivity contribution in [3.8, 4) is 0 Å². The molecule has 25 heavy (non-hydrogen) atoms. The number of hydrogen-bond acceptors (Lipinski definition) is 6. The second-order valence-corrected chi connectivity index (χ2v) is 5.87. The molecule has 1 aliphatic rings. The predicted octanol–water partition coefficient (Wildman–Crippen LogP) is -2.98. The molecule has 0 aliphatic carbocycles. The largest absolute Gasteiger partial charge is 0.480 e. The van der Waals surface area contributed by atoms with Crippen molar-refractivity contribution >= 4 is 29.6 Å². The van der Waals surface area contributed by atoms with Crippen molar-refractivity contribution in [2.45, 2.75) is 50.2 Å². The maximum atomic E-state index is 12.6. The predicted molar refractivity (Wildman–Crippen MR) is 84.5 cm³/mol. The number of rotatable bonds is 9. The van der Waals surface area contributed by atoms with Gasteiger partial charge >= 0.3 is 5.97 Å². The molecule has 1 aliphatic heterocycles. The standard InChI is InChI=1S/C14H23N5O6/c15-7(6-11(17)21)12(22)18-8(3-4-10(16)20)13(23)19-5-1-2-9(19)14(24)25/h7-9H,1-6,15H2,(H2,16,20)(H2,17,21)(H,18,22)(H,24,25)/t7-,8-,9+/m0/s1. The lowest BCUT2D eigenvalue weighted by Gasteiger charge is -2.27. The Morgan fingerprint density at radius 2 is 1.80 bits per heavy atom. The van der Waals surface area contributed by atoms with Gasteiger partial charge in [-0.1, -0.05) is 0 Å². The second-order valence-electron chi connectivity index (χ2n) is 5.87. The van der Waals surface area contributed by atoms with E-state index in [1.54, 1.807) is 0 Å². The summed E-state index contributed by atoms with van der Waals surface area (Å²) >= 11 is 0. The first-order valence-electron chi connectivity index (χ1n) is 7.79. The number of carboxylic acid groups (broad SMARTS) is 1. The van der Waals surface area contributed by atoms with Gasteiger partial charge in [0, 0.05) is 13.0 Å². The summed E-state index contributed by atoms with van der Waals surface area (Å²) in [6.45, 7) is 0.228. The fraction of sp³-hybridized carbons (Fsp3) is 0.643. The normalized spacial score (nSPS) is 19.1. The van der Waals surface area contributed by atoms with Crippen LogP contribution in [0.4, 0.5) is 0 Å². The number of carboxylic acids is 1. The van der Waals surface area contributed by atoms with Gasteiger partial charge in [0.2, 0.25) is 23.6 Å². The van der Waals surface area contributed by atoms with Crippen molar-refractivity contribution in [2.75, 3.05) is 6.54 Å². The fourth-order valence-corrected chi connectivity index (χ4v) is 2.62. The second kappa shape index (κ2) is 8.97. The van der Waals surface area contributed by atoms with Crippen LogP contribution in [0.2, 0.25) is 0 Å². The van der Waals surface area contributed by atoms with E-state index in [4.69, 9.17) is 17.2 Å². The monoisotopic (exact) mass is 357 g/mol. The molecule has 11 nitrogen and oxygen atoms in total. The molecule has 11 heteroatoms. The van der Waals surface area contributed by atoms with Gasteiger partial charge in [0.1, 0.15) is 12.1 Å². The van der Waals surface area contributed by atoms with E-state index in [9.17, 15) is 29.1 Å². The van der Waals surface area contributed by atoms with Crippen molar-refractivity contribution in [3.63, 3.8) is 0 Å². The zero-order chi connectivity index (χ0) is 19.1. The molecule has 1 rings (SSSR count). The summed E-state index contributed by atoms with van der Waals surface area (Å²) in [6.07, 6.45) is 0.114. The summed E-state index contributed by atoms with van der Waals surface area (Å²) in [7, 11) is 0. The van der Waals surface area contributed by atoms with Crippen LogP contribution in [0.3, 0.4) is 0 Å². The van der Waals surface area contributed by atoms with E-state index in [-0.39, 0.29) is 19.4 Å². The molecule has 8 N–H and O–H groups in total. The molecule has 0 radical (unpaired) electrons. The van der Waals surface area contributed by atoms with Gasteiger partial charge in [-0.15, -0.1) is 0 Å². The molecule has 0 aromatic rings. The molecule has 0 spiro atoms.